The second kappa shape index (κ2) is 12.1. The molecule has 2 N–H and O–H groups in total. The van der Waals surface area contributed by atoms with Crippen LogP contribution in [-0.2, 0) is 6.54 Å². The van der Waals surface area contributed by atoms with E-state index < -0.39 is 5.91 Å². The Morgan fingerprint density at radius 1 is 1.14 bits per heavy atom. The van der Waals surface area contributed by atoms with Crippen molar-refractivity contribution in [2.24, 2.45) is 0 Å². The highest BCUT2D eigenvalue weighted by atomic mass is 79.9. The zero-order chi connectivity index (χ0) is 25.7. The van der Waals surface area contributed by atoms with Gasteiger partial charge in [0, 0.05) is 30.9 Å². The molecule has 13 heteroatoms. The predicted molar refractivity (Wildman–Crippen MR) is 147 cm³/mol. The summed E-state index contributed by atoms with van der Waals surface area (Å²) in [7, 11) is 2.92. The number of methoxy groups -OCH3 is 2. The van der Waals surface area contributed by atoms with Gasteiger partial charge in [-0.05, 0) is 35.2 Å². The largest absolute Gasteiger partial charge is 0.494 e. The molecule has 0 bridgehead atoms. The van der Waals surface area contributed by atoms with Gasteiger partial charge in [-0.1, -0.05) is 23.2 Å². The zero-order valence-electron chi connectivity index (χ0n) is 19.5. The fourth-order valence-electron chi connectivity index (χ4n) is 3.63. The minimum Gasteiger partial charge on any atom is -0.494 e. The van der Waals surface area contributed by atoms with E-state index >= 15 is 0 Å². The number of nitrogens with zero attached hydrogens (tertiary/aromatic N) is 4. The van der Waals surface area contributed by atoms with Crippen molar-refractivity contribution in [2.45, 2.75) is 25.8 Å². The lowest BCUT2D eigenvalue weighted by molar-refractivity contribution is 0.102. The summed E-state index contributed by atoms with van der Waals surface area (Å²) in [6, 6.07) is 0. The van der Waals surface area contributed by atoms with Crippen LogP contribution in [0.2, 0.25) is 10.0 Å². The molecule has 190 valence electrons. The second-order valence-electron chi connectivity index (χ2n) is 7.67. The Balaban J connectivity index is 1.46. The lowest BCUT2D eigenvalue weighted by Crippen LogP contribution is -2.13. The molecule has 0 aliphatic carbocycles. The Morgan fingerprint density at radius 3 is 2.56 bits per heavy atom. The number of amides is 1. The van der Waals surface area contributed by atoms with Crippen LogP contribution in [-0.4, -0.2) is 46.2 Å². The first-order valence-electron chi connectivity index (χ1n) is 11.0. The van der Waals surface area contributed by atoms with Gasteiger partial charge in [0.2, 0.25) is 0 Å². The molecule has 0 aliphatic rings. The summed E-state index contributed by atoms with van der Waals surface area (Å²) >= 11 is 17.7. The van der Waals surface area contributed by atoms with Crippen molar-refractivity contribution in [3.8, 4) is 11.5 Å². The van der Waals surface area contributed by atoms with Gasteiger partial charge < -0.3 is 24.7 Å². The maximum Gasteiger partial charge on any atom is 0.258 e. The Labute approximate surface area is 230 Å². The van der Waals surface area contributed by atoms with Gasteiger partial charge in [0.1, 0.15) is 26.7 Å². The van der Waals surface area contributed by atoms with Crippen LogP contribution >= 0.6 is 50.5 Å². The lowest BCUT2D eigenvalue weighted by atomic mass is 10.2. The predicted octanol–water partition coefficient (Wildman–Crippen LogP) is 6.51. The number of aromatic nitrogens is 4. The zero-order valence-corrected chi connectivity index (χ0v) is 23.4. The van der Waals surface area contributed by atoms with Gasteiger partial charge in [-0.15, -0.1) is 11.3 Å². The number of rotatable bonds is 11. The van der Waals surface area contributed by atoms with Crippen LogP contribution in [0.5, 0.6) is 11.5 Å². The van der Waals surface area contributed by atoms with Gasteiger partial charge in [0.05, 0.1) is 42.0 Å². The minimum atomic E-state index is -0.416. The van der Waals surface area contributed by atoms with Crippen LogP contribution in [0, 0.1) is 0 Å². The second-order valence-corrected chi connectivity index (χ2v) is 10.1. The average Bonchev–Trinajstić information content (AvgIpc) is 3.55. The number of imidazole rings is 1. The molecule has 9 nitrogen and oxygen atoms in total. The molecule has 36 heavy (non-hydrogen) atoms. The van der Waals surface area contributed by atoms with Crippen LogP contribution in [0.25, 0.3) is 10.2 Å². The van der Waals surface area contributed by atoms with Crippen molar-refractivity contribution in [1.82, 2.24) is 19.5 Å². The van der Waals surface area contributed by atoms with E-state index in [-0.39, 0.29) is 15.7 Å². The Bertz CT molecular complexity index is 1330. The molecule has 1 aromatic carbocycles. The Hall–Kier alpha value is -2.60. The summed E-state index contributed by atoms with van der Waals surface area (Å²) in [5, 5.41) is 8.18. The first kappa shape index (κ1) is 26.5. The highest BCUT2D eigenvalue weighted by Crippen LogP contribution is 2.50. The van der Waals surface area contributed by atoms with Gasteiger partial charge in [0.15, 0.2) is 11.5 Å². The van der Waals surface area contributed by atoms with E-state index in [1.807, 2.05) is 12.5 Å². The third kappa shape index (κ3) is 5.54. The number of aryl methyl sites for hydroxylation is 1. The summed E-state index contributed by atoms with van der Waals surface area (Å²) in [6.45, 7) is 1.71. The summed E-state index contributed by atoms with van der Waals surface area (Å²) in [5.74, 6) is 0.867. The van der Waals surface area contributed by atoms with E-state index in [4.69, 9.17) is 32.7 Å². The van der Waals surface area contributed by atoms with Crippen molar-refractivity contribution < 1.29 is 14.3 Å². The lowest BCUT2D eigenvalue weighted by Gasteiger charge is -2.17. The highest BCUT2D eigenvalue weighted by Gasteiger charge is 2.25. The summed E-state index contributed by atoms with van der Waals surface area (Å²) in [5.41, 5.74) is 1.11. The Kier molecular flexibility index (Phi) is 8.89. The highest BCUT2D eigenvalue weighted by molar-refractivity contribution is 9.10. The number of fused-ring (bicyclic) bond motifs is 1. The van der Waals surface area contributed by atoms with E-state index in [1.54, 1.807) is 11.6 Å². The van der Waals surface area contributed by atoms with Crippen molar-refractivity contribution in [3.05, 3.63) is 50.5 Å². The van der Waals surface area contributed by atoms with Gasteiger partial charge in [-0.25, -0.2) is 15.0 Å². The number of carbonyl (C=O) groups excluding carboxylic acids is 1. The standard InChI is InChI=1S/C23H23BrCl2N6O3S/c1-34-19-14(24)20(35-2)16(26)18(15(19)25)31-23(33)13-10-36-21-17(13)29-11-30-22(21)28-6-4-3-5-8-32-9-7-27-12-32/h7,9-12H,3-6,8H2,1-2H3,(H,31,33)(H,28,29,30). The fraction of sp³-hybridized carbons (Fsp3) is 0.304. The first-order valence-corrected chi connectivity index (χ1v) is 13.4. The topological polar surface area (TPSA) is 103 Å². The molecular weight excluding hydrogens is 591 g/mol. The van der Waals surface area contributed by atoms with Crippen LogP contribution in [0.15, 0.2) is 34.9 Å². The molecule has 1 amide bonds. The molecular formula is C23H23BrCl2N6O3S. The van der Waals surface area contributed by atoms with Gasteiger partial charge >= 0.3 is 0 Å². The third-order valence-electron chi connectivity index (χ3n) is 5.43. The molecule has 3 heterocycles. The molecule has 0 saturated heterocycles. The Morgan fingerprint density at radius 2 is 1.89 bits per heavy atom. The number of hydrogen-bond acceptors (Lipinski definition) is 8. The molecule has 0 radical (unpaired) electrons. The quantitative estimate of drug-likeness (QED) is 0.186. The number of unbranched alkanes of at least 4 members (excludes halogenated alkanes) is 2. The maximum absolute atomic E-state index is 13.2. The molecule has 4 aromatic rings. The molecule has 0 aliphatic heterocycles. The number of thiophene rings is 1. The number of carbonyl (C=O) groups is 1. The minimum absolute atomic E-state index is 0.146. The van der Waals surface area contributed by atoms with E-state index in [0.29, 0.717) is 32.9 Å². The van der Waals surface area contributed by atoms with Crippen LogP contribution < -0.4 is 20.1 Å². The number of ether oxygens (including phenoxy) is 2. The molecule has 0 saturated carbocycles. The van der Waals surface area contributed by atoms with Gasteiger partial charge in [-0.2, -0.15) is 0 Å². The van der Waals surface area contributed by atoms with Crippen molar-refractivity contribution in [3.63, 3.8) is 0 Å². The van der Waals surface area contributed by atoms with E-state index in [0.717, 1.165) is 37.1 Å². The summed E-state index contributed by atoms with van der Waals surface area (Å²) in [4.78, 5) is 26.0. The van der Waals surface area contributed by atoms with Crippen LogP contribution in [0.3, 0.4) is 0 Å². The molecule has 0 unspecified atom stereocenters. The van der Waals surface area contributed by atoms with E-state index in [1.165, 1.54) is 31.9 Å². The molecule has 0 atom stereocenters. The number of anilines is 2. The normalized spacial score (nSPS) is 11.0. The molecule has 3 aromatic heterocycles. The monoisotopic (exact) mass is 612 g/mol. The van der Waals surface area contributed by atoms with E-state index in [9.17, 15) is 4.79 Å². The molecule has 4 rings (SSSR count). The van der Waals surface area contributed by atoms with Crippen molar-refractivity contribution in [1.29, 1.82) is 0 Å². The third-order valence-corrected chi connectivity index (χ3v) is 7.84. The average molecular weight is 614 g/mol. The van der Waals surface area contributed by atoms with Crippen LogP contribution in [0.1, 0.15) is 29.6 Å². The van der Waals surface area contributed by atoms with Crippen molar-refractivity contribution >= 4 is 78.1 Å². The maximum atomic E-state index is 13.2. The van der Waals surface area contributed by atoms with Gasteiger partial charge in [0.25, 0.3) is 5.91 Å². The van der Waals surface area contributed by atoms with E-state index in [2.05, 4.69) is 46.1 Å². The first-order chi connectivity index (χ1) is 17.5. The SMILES string of the molecule is COc1c(Cl)c(NC(=O)c2csc3c(NCCCCCn4ccnc4)ncnc23)c(Cl)c(OC)c1Br. The number of hydrogen-bond donors (Lipinski definition) is 2. The molecule has 0 fully saturated rings. The summed E-state index contributed by atoms with van der Waals surface area (Å²) < 4.78 is 14.0. The molecule has 0 spiro atoms. The number of nitrogens with one attached hydrogen (secondary N) is 2. The van der Waals surface area contributed by atoms with Crippen LogP contribution in [0.4, 0.5) is 11.5 Å². The number of halogens is 3. The smallest absolute Gasteiger partial charge is 0.258 e. The number of benzene rings is 1. The fourth-order valence-corrected chi connectivity index (χ4v) is 6.22. The summed E-state index contributed by atoms with van der Waals surface area (Å²) in [6.07, 6.45) is 10.1. The van der Waals surface area contributed by atoms with Crippen molar-refractivity contribution in [2.75, 3.05) is 31.4 Å². The van der Waals surface area contributed by atoms with Gasteiger partial charge in [-0.3, -0.25) is 4.79 Å².